The van der Waals surface area contributed by atoms with Crippen molar-refractivity contribution in [2.45, 2.75) is 13.0 Å². The van der Waals surface area contributed by atoms with Crippen LogP contribution in [-0.4, -0.2) is 4.57 Å². The van der Waals surface area contributed by atoms with Gasteiger partial charge >= 0.3 is 0 Å². The molecule has 0 radical (unpaired) electrons. The van der Waals surface area contributed by atoms with Crippen molar-refractivity contribution in [1.29, 1.82) is 0 Å². The Morgan fingerprint density at radius 1 is 1.11 bits per heavy atom. The fourth-order valence-corrected chi connectivity index (χ4v) is 2.76. The van der Waals surface area contributed by atoms with Crippen LogP contribution in [0.1, 0.15) is 18.5 Å². The summed E-state index contributed by atoms with van der Waals surface area (Å²) >= 11 is 6.14. The molecule has 1 nitrogen and oxygen atoms in total. The Morgan fingerprint density at radius 2 is 1.89 bits per heavy atom. The zero-order valence-corrected chi connectivity index (χ0v) is 11.2. The van der Waals surface area contributed by atoms with Crippen LogP contribution in [0.25, 0.3) is 10.9 Å². The third-order valence-corrected chi connectivity index (χ3v) is 3.79. The first kappa shape index (κ1) is 12.2. The normalized spacial score (nSPS) is 12.8. The van der Waals surface area contributed by atoms with Gasteiger partial charge < -0.3 is 4.57 Å². The highest BCUT2D eigenvalue weighted by atomic mass is 35.5. The Bertz CT molecular complexity index is 732. The molecular formula is C16H13ClFN. The first-order valence-corrected chi connectivity index (χ1v) is 6.55. The van der Waals surface area contributed by atoms with E-state index in [-0.39, 0.29) is 11.9 Å². The highest BCUT2D eigenvalue weighted by Gasteiger charge is 2.13. The quantitative estimate of drug-likeness (QED) is 0.616. The molecule has 1 heterocycles. The second-order valence-corrected chi connectivity index (χ2v) is 5.03. The highest BCUT2D eigenvalue weighted by Crippen LogP contribution is 2.29. The smallest absolute Gasteiger partial charge is 0.124 e. The molecular weight excluding hydrogens is 261 g/mol. The van der Waals surface area contributed by atoms with Gasteiger partial charge in [0.2, 0.25) is 0 Å². The van der Waals surface area contributed by atoms with Gasteiger partial charge in [0.05, 0.1) is 6.04 Å². The lowest BCUT2D eigenvalue weighted by Gasteiger charge is -2.17. The average Bonchev–Trinajstić information content (AvgIpc) is 2.82. The van der Waals surface area contributed by atoms with Gasteiger partial charge in [-0.1, -0.05) is 35.9 Å². The molecule has 0 saturated heterocycles. The fraction of sp³-hybridized carbons (Fsp3) is 0.125. The standard InChI is InChI=1S/C16H13ClFN/c1-11(14-7-6-13(18)10-15(14)17)19-9-8-12-4-2-3-5-16(12)19/h2-11H,1H3. The Kier molecular flexibility index (Phi) is 3.03. The molecule has 0 bridgehead atoms. The molecule has 1 aromatic heterocycles. The van der Waals surface area contributed by atoms with Crippen molar-refractivity contribution in [3.63, 3.8) is 0 Å². The number of fused-ring (bicyclic) bond motifs is 1. The monoisotopic (exact) mass is 273 g/mol. The van der Waals surface area contributed by atoms with Crippen LogP contribution < -0.4 is 0 Å². The number of hydrogen-bond donors (Lipinski definition) is 0. The minimum atomic E-state index is -0.307. The molecule has 0 N–H and O–H groups in total. The molecule has 19 heavy (non-hydrogen) atoms. The molecule has 2 aromatic carbocycles. The molecule has 0 aliphatic carbocycles. The molecule has 3 rings (SSSR count). The van der Waals surface area contributed by atoms with Gasteiger partial charge in [0, 0.05) is 16.7 Å². The van der Waals surface area contributed by atoms with Crippen LogP contribution >= 0.6 is 11.6 Å². The Labute approximate surface area is 116 Å². The Hall–Kier alpha value is -1.80. The predicted molar refractivity (Wildman–Crippen MR) is 77.2 cm³/mol. The van der Waals surface area contributed by atoms with Gasteiger partial charge in [-0.3, -0.25) is 0 Å². The van der Waals surface area contributed by atoms with E-state index in [1.165, 1.54) is 17.5 Å². The van der Waals surface area contributed by atoms with Gasteiger partial charge in [-0.15, -0.1) is 0 Å². The number of nitrogens with zero attached hydrogens (tertiary/aromatic N) is 1. The maximum Gasteiger partial charge on any atom is 0.124 e. The van der Waals surface area contributed by atoms with Crippen molar-refractivity contribution in [3.05, 3.63) is 71.1 Å². The molecule has 1 unspecified atom stereocenters. The Balaban J connectivity index is 2.10. The summed E-state index contributed by atoms with van der Waals surface area (Å²) in [6.45, 7) is 2.06. The average molecular weight is 274 g/mol. The first-order valence-electron chi connectivity index (χ1n) is 6.17. The zero-order chi connectivity index (χ0) is 13.4. The van der Waals surface area contributed by atoms with Gasteiger partial charge in [0.15, 0.2) is 0 Å². The number of aromatic nitrogens is 1. The van der Waals surface area contributed by atoms with Crippen LogP contribution in [0, 0.1) is 5.82 Å². The molecule has 3 heteroatoms. The topological polar surface area (TPSA) is 4.93 Å². The second kappa shape index (κ2) is 4.71. The summed E-state index contributed by atoms with van der Waals surface area (Å²) < 4.78 is 15.3. The van der Waals surface area contributed by atoms with Crippen molar-refractivity contribution in [2.24, 2.45) is 0 Å². The molecule has 96 valence electrons. The van der Waals surface area contributed by atoms with Crippen molar-refractivity contribution >= 4 is 22.5 Å². The van der Waals surface area contributed by atoms with Gasteiger partial charge in [-0.05, 0) is 42.1 Å². The van der Waals surface area contributed by atoms with Crippen molar-refractivity contribution < 1.29 is 4.39 Å². The Morgan fingerprint density at radius 3 is 2.68 bits per heavy atom. The molecule has 3 aromatic rings. The summed E-state index contributed by atoms with van der Waals surface area (Å²) in [6.07, 6.45) is 2.04. The third-order valence-electron chi connectivity index (χ3n) is 3.46. The summed E-state index contributed by atoms with van der Waals surface area (Å²) in [5.74, 6) is -0.307. The number of benzene rings is 2. The lowest BCUT2D eigenvalue weighted by atomic mass is 10.1. The molecule has 1 atom stereocenters. The van der Waals surface area contributed by atoms with E-state index in [1.807, 2.05) is 18.3 Å². The number of rotatable bonds is 2. The van der Waals surface area contributed by atoms with Gasteiger partial charge in [0.1, 0.15) is 5.82 Å². The number of halogens is 2. The molecule has 0 saturated carbocycles. The minimum absolute atomic E-state index is 0.0630. The molecule has 0 aliphatic rings. The second-order valence-electron chi connectivity index (χ2n) is 4.62. The summed E-state index contributed by atoms with van der Waals surface area (Å²) in [5, 5.41) is 1.65. The van der Waals surface area contributed by atoms with Crippen molar-refractivity contribution in [3.8, 4) is 0 Å². The zero-order valence-electron chi connectivity index (χ0n) is 10.5. The maximum absolute atomic E-state index is 13.1. The van der Waals surface area contributed by atoms with E-state index in [1.54, 1.807) is 6.07 Å². The largest absolute Gasteiger partial charge is 0.340 e. The van der Waals surface area contributed by atoms with Crippen molar-refractivity contribution in [1.82, 2.24) is 4.57 Å². The van der Waals surface area contributed by atoms with E-state index in [4.69, 9.17) is 11.6 Å². The van der Waals surface area contributed by atoms with Crippen LogP contribution in [0.5, 0.6) is 0 Å². The lowest BCUT2D eigenvalue weighted by Crippen LogP contribution is -2.06. The van der Waals surface area contributed by atoms with E-state index in [0.29, 0.717) is 5.02 Å². The molecule has 0 spiro atoms. The van der Waals surface area contributed by atoms with Gasteiger partial charge in [-0.25, -0.2) is 4.39 Å². The number of hydrogen-bond acceptors (Lipinski definition) is 0. The first-order chi connectivity index (χ1) is 9.16. The highest BCUT2D eigenvalue weighted by molar-refractivity contribution is 6.31. The third kappa shape index (κ3) is 2.13. The molecule has 0 amide bonds. The van der Waals surface area contributed by atoms with E-state index in [9.17, 15) is 4.39 Å². The summed E-state index contributed by atoms with van der Waals surface area (Å²) in [7, 11) is 0. The van der Waals surface area contributed by atoms with Crippen LogP contribution in [0.2, 0.25) is 5.02 Å². The lowest BCUT2D eigenvalue weighted by molar-refractivity contribution is 0.621. The number of para-hydroxylation sites is 1. The molecule has 0 aliphatic heterocycles. The van der Waals surface area contributed by atoms with Crippen LogP contribution in [0.4, 0.5) is 4.39 Å². The summed E-state index contributed by atoms with van der Waals surface area (Å²) in [6, 6.07) is 14.9. The predicted octanol–water partition coefficient (Wildman–Crippen LogP) is 5.04. The van der Waals surface area contributed by atoms with Crippen LogP contribution in [-0.2, 0) is 0 Å². The van der Waals surface area contributed by atoms with E-state index < -0.39 is 0 Å². The van der Waals surface area contributed by atoms with E-state index in [2.05, 4.69) is 29.7 Å². The van der Waals surface area contributed by atoms with Crippen molar-refractivity contribution in [2.75, 3.05) is 0 Å². The summed E-state index contributed by atoms with van der Waals surface area (Å²) in [5.41, 5.74) is 2.07. The fourth-order valence-electron chi connectivity index (χ4n) is 2.43. The maximum atomic E-state index is 13.1. The van der Waals surface area contributed by atoms with Gasteiger partial charge in [0.25, 0.3) is 0 Å². The van der Waals surface area contributed by atoms with Crippen LogP contribution in [0.3, 0.4) is 0 Å². The summed E-state index contributed by atoms with van der Waals surface area (Å²) in [4.78, 5) is 0. The van der Waals surface area contributed by atoms with Crippen LogP contribution in [0.15, 0.2) is 54.7 Å². The SMILES string of the molecule is CC(c1ccc(F)cc1Cl)n1ccc2ccccc21. The van der Waals surface area contributed by atoms with E-state index >= 15 is 0 Å². The van der Waals surface area contributed by atoms with E-state index in [0.717, 1.165) is 11.1 Å². The minimum Gasteiger partial charge on any atom is -0.340 e. The van der Waals surface area contributed by atoms with Gasteiger partial charge in [-0.2, -0.15) is 0 Å². The molecule has 0 fully saturated rings.